The van der Waals surface area contributed by atoms with Gasteiger partial charge in [-0.3, -0.25) is 0 Å². The van der Waals surface area contributed by atoms with Crippen LogP contribution < -0.4 is 11.5 Å². The van der Waals surface area contributed by atoms with Crippen LogP contribution in [0.1, 0.15) is 5.69 Å². The molecule has 0 atom stereocenters. The molecule has 0 radical (unpaired) electrons. The van der Waals surface area contributed by atoms with E-state index < -0.39 is 0 Å². The van der Waals surface area contributed by atoms with E-state index in [1.807, 2.05) is 5.38 Å². The first-order valence-electron chi connectivity index (χ1n) is 4.14. The van der Waals surface area contributed by atoms with E-state index in [9.17, 15) is 0 Å². The Morgan fingerprint density at radius 3 is 2.60 bits per heavy atom. The van der Waals surface area contributed by atoms with E-state index in [1.54, 1.807) is 16.8 Å². The average Bonchev–Trinajstić information content (AvgIpc) is 2.65. The van der Waals surface area contributed by atoms with Crippen LogP contribution >= 0.6 is 23.1 Å². The number of thioether (sulfide) groups is 1. The minimum Gasteiger partial charge on any atom is -0.383 e. The van der Waals surface area contributed by atoms with Crippen molar-refractivity contribution in [2.45, 2.75) is 10.9 Å². The van der Waals surface area contributed by atoms with E-state index in [-0.39, 0.29) is 0 Å². The fourth-order valence-electron chi connectivity index (χ4n) is 0.974. The first-order valence-corrected chi connectivity index (χ1v) is 6.07. The van der Waals surface area contributed by atoms with Crippen LogP contribution in [-0.2, 0) is 5.75 Å². The van der Waals surface area contributed by atoms with Crippen LogP contribution in [0, 0.1) is 0 Å². The van der Waals surface area contributed by atoms with E-state index in [0.29, 0.717) is 16.8 Å². The maximum Gasteiger partial charge on any atom is 0.191 e. The predicted molar refractivity (Wildman–Crippen MR) is 62.5 cm³/mol. The van der Waals surface area contributed by atoms with E-state index in [2.05, 4.69) is 15.0 Å². The summed E-state index contributed by atoms with van der Waals surface area (Å²) in [7, 11) is 0. The molecular formula is C8H9N5S2. The summed E-state index contributed by atoms with van der Waals surface area (Å²) in [5.74, 6) is 1.51. The molecule has 0 unspecified atom stereocenters. The van der Waals surface area contributed by atoms with Crippen LogP contribution in [0.15, 0.2) is 22.1 Å². The molecule has 0 saturated carbocycles. The van der Waals surface area contributed by atoms with Gasteiger partial charge in [0.05, 0.1) is 11.2 Å². The number of anilines is 2. The van der Waals surface area contributed by atoms with Gasteiger partial charge in [0.25, 0.3) is 0 Å². The van der Waals surface area contributed by atoms with Crippen molar-refractivity contribution in [1.29, 1.82) is 0 Å². The average molecular weight is 239 g/mol. The van der Waals surface area contributed by atoms with Crippen LogP contribution in [0.3, 0.4) is 0 Å². The van der Waals surface area contributed by atoms with Gasteiger partial charge in [-0.05, 0) is 0 Å². The van der Waals surface area contributed by atoms with Crippen molar-refractivity contribution in [3.63, 3.8) is 0 Å². The van der Waals surface area contributed by atoms with Crippen molar-refractivity contribution in [3.05, 3.63) is 22.7 Å². The lowest BCUT2D eigenvalue weighted by Crippen LogP contribution is -1.99. The van der Waals surface area contributed by atoms with Crippen molar-refractivity contribution in [3.8, 4) is 0 Å². The normalized spacial score (nSPS) is 10.4. The highest BCUT2D eigenvalue weighted by molar-refractivity contribution is 7.98. The highest BCUT2D eigenvalue weighted by atomic mass is 32.2. The molecule has 4 N–H and O–H groups in total. The molecule has 0 aliphatic heterocycles. The minimum atomic E-state index is 0.392. The molecule has 2 aromatic heterocycles. The lowest BCUT2D eigenvalue weighted by Gasteiger charge is -2.00. The molecule has 0 amide bonds. The summed E-state index contributed by atoms with van der Waals surface area (Å²) in [6.45, 7) is 0. The number of nitrogens with zero attached hydrogens (tertiary/aromatic N) is 3. The summed E-state index contributed by atoms with van der Waals surface area (Å²) in [6.07, 6.45) is 0. The zero-order chi connectivity index (χ0) is 10.7. The van der Waals surface area contributed by atoms with Crippen molar-refractivity contribution in [2.24, 2.45) is 0 Å². The second-order valence-corrected chi connectivity index (χ2v) is 4.43. The zero-order valence-electron chi connectivity index (χ0n) is 7.75. The Bertz CT molecular complexity index is 422. The minimum absolute atomic E-state index is 0.392. The third-order valence-electron chi connectivity index (χ3n) is 1.58. The number of aromatic nitrogens is 3. The lowest BCUT2D eigenvalue weighted by atomic mass is 10.5. The maximum absolute atomic E-state index is 5.55. The molecule has 0 bridgehead atoms. The topological polar surface area (TPSA) is 90.7 Å². The first-order chi connectivity index (χ1) is 7.24. The molecule has 0 saturated heterocycles. The number of thiazole rings is 1. The van der Waals surface area contributed by atoms with Gasteiger partial charge in [0.2, 0.25) is 0 Å². The summed E-state index contributed by atoms with van der Waals surface area (Å²) in [6, 6.07) is 1.53. The smallest absolute Gasteiger partial charge is 0.191 e. The predicted octanol–water partition coefficient (Wildman–Crippen LogP) is 1.39. The number of nitrogens with two attached hydrogens (primary N) is 2. The fourth-order valence-corrected chi connectivity index (χ4v) is 2.41. The standard InChI is InChI=1S/C8H9N5S2/c9-6-1-7(10)13-8(12-6)15-3-5-2-14-4-11-5/h1-2,4H,3H2,(H4,9,10,12,13). The van der Waals surface area contributed by atoms with Crippen molar-refractivity contribution >= 4 is 34.7 Å². The molecule has 2 heterocycles. The lowest BCUT2D eigenvalue weighted by molar-refractivity contribution is 0.982. The first kappa shape index (κ1) is 10.2. The molecule has 5 nitrogen and oxygen atoms in total. The Morgan fingerprint density at radius 1 is 1.27 bits per heavy atom. The largest absolute Gasteiger partial charge is 0.383 e. The van der Waals surface area contributed by atoms with Gasteiger partial charge in [0.15, 0.2) is 5.16 Å². The molecule has 7 heteroatoms. The molecule has 0 spiro atoms. The Labute approximate surface area is 95.0 Å². The van der Waals surface area contributed by atoms with Gasteiger partial charge in [0, 0.05) is 17.2 Å². The number of nitrogen functional groups attached to an aromatic ring is 2. The van der Waals surface area contributed by atoms with Crippen LogP contribution in [0.25, 0.3) is 0 Å². The van der Waals surface area contributed by atoms with Gasteiger partial charge in [0.1, 0.15) is 11.6 Å². The summed E-state index contributed by atoms with van der Waals surface area (Å²) in [4.78, 5) is 12.3. The quantitative estimate of drug-likeness (QED) is 0.621. The Morgan fingerprint density at radius 2 is 2.00 bits per heavy atom. The molecule has 2 aromatic rings. The molecule has 0 aliphatic carbocycles. The number of rotatable bonds is 3. The van der Waals surface area contributed by atoms with E-state index >= 15 is 0 Å². The van der Waals surface area contributed by atoms with Gasteiger partial charge in [-0.2, -0.15) is 0 Å². The summed E-state index contributed by atoms with van der Waals surface area (Å²) in [5.41, 5.74) is 13.9. The van der Waals surface area contributed by atoms with Gasteiger partial charge >= 0.3 is 0 Å². The Balaban J connectivity index is 2.05. The van der Waals surface area contributed by atoms with Crippen molar-refractivity contribution < 1.29 is 0 Å². The number of hydrogen-bond acceptors (Lipinski definition) is 7. The Hall–Kier alpha value is -1.34. The van der Waals surface area contributed by atoms with E-state index in [4.69, 9.17) is 11.5 Å². The van der Waals surface area contributed by atoms with Gasteiger partial charge in [-0.25, -0.2) is 15.0 Å². The molecule has 0 aromatic carbocycles. The third-order valence-corrected chi connectivity index (χ3v) is 3.09. The second-order valence-electron chi connectivity index (χ2n) is 2.77. The van der Waals surface area contributed by atoms with Crippen molar-refractivity contribution in [1.82, 2.24) is 15.0 Å². The van der Waals surface area contributed by atoms with Crippen LogP contribution in [0.2, 0.25) is 0 Å². The summed E-state index contributed by atoms with van der Waals surface area (Å²) >= 11 is 3.03. The highest BCUT2D eigenvalue weighted by Crippen LogP contribution is 2.20. The maximum atomic E-state index is 5.55. The van der Waals surface area contributed by atoms with Gasteiger partial charge in [-0.1, -0.05) is 11.8 Å². The highest BCUT2D eigenvalue weighted by Gasteiger charge is 2.02. The van der Waals surface area contributed by atoms with Gasteiger partial charge in [-0.15, -0.1) is 11.3 Å². The molecule has 2 rings (SSSR count). The summed E-state index contributed by atoms with van der Waals surface area (Å²) < 4.78 is 0. The van der Waals surface area contributed by atoms with Crippen LogP contribution in [-0.4, -0.2) is 15.0 Å². The van der Waals surface area contributed by atoms with Crippen molar-refractivity contribution in [2.75, 3.05) is 11.5 Å². The molecule has 0 aliphatic rings. The third kappa shape index (κ3) is 2.80. The zero-order valence-corrected chi connectivity index (χ0v) is 9.38. The summed E-state index contributed by atoms with van der Waals surface area (Å²) in [5, 5.41) is 2.57. The van der Waals surface area contributed by atoms with Gasteiger partial charge < -0.3 is 11.5 Å². The second kappa shape index (κ2) is 4.45. The molecular weight excluding hydrogens is 230 g/mol. The van der Waals surface area contributed by atoms with Crippen LogP contribution in [0.4, 0.5) is 11.6 Å². The monoisotopic (exact) mass is 239 g/mol. The Kier molecular flexibility index (Phi) is 3.02. The fraction of sp³-hybridized carbons (Fsp3) is 0.125. The van der Waals surface area contributed by atoms with E-state index in [1.165, 1.54) is 17.8 Å². The molecule has 0 fully saturated rings. The van der Waals surface area contributed by atoms with Crippen LogP contribution in [0.5, 0.6) is 0 Å². The van der Waals surface area contributed by atoms with E-state index in [0.717, 1.165) is 11.4 Å². The molecule has 15 heavy (non-hydrogen) atoms. The number of hydrogen-bond donors (Lipinski definition) is 2. The SMILES string of the molecule is Nc1cc(N)nc(SCc2cscn2)n1. The molecule has 78 valence electrons.